The second-order valence-corrected chi connectivity index (χ2v) is 3.68. The predicted octanol–water partition coefficient (Wildman–Crippen LogP) is 2.28. The molecule has 1 aliphatic heterocycles. The van der Waals surface area contributed by atoms with Gasteiger partial charge in [-0.05, 0) is 44.1 Å². The van der Waals surface area contributed by atoms with E-state index in [0.717, 1.165) is 0 Å². The van der Waals surface area contributed by atoms with Gasteiger partial charge in [-0.2, -0.15) is 0 Å². The maximum atomic E-state index is 3.39. The molecule has 1 unspecified atom stereocenters. The van der Waals surface area contributed by atoms with E-state index >= 15 is 0 Å². The van der Waals surface area contributed by atoms with E-state index in [1.54, 1.807) is 0 Å². The topological polar surface area (TPSA) is 3.24 Å². The molecule has 0 aromatic carbocycles. The molecule has 1 heteroatoms. The molecule has 1 radical (unpaired) electrons. The Hall–Kier alpha value is -0.980. The lowest BCUT2D eigenvalue weighted by Crippen LogP contribution is -2.22. The van der Waals surface area contributed by atoms with Gasteiger partial charge in [-0.1, -0.05) is 0 Å². The Morgan fingerprint density at radius 3 is 2.67 bits per heavy atom. The number of allylic oxidation sites excluding steroid dienone is 3. The molecule has 1 atom stereocenters. The summed E-state index contributed by atoms with van der Waals surface area (Å²) in [6, 6.07) is 0.548. The third-order valence-corrected chi connectivity index (χ3v) is 2.91. The molecular weight excluding hydrogens is 146 g/mol. The molecule has 12 heavy (non-hydrogen) atoms. The third kappa shape index (κ3) is 0.795. The number of likely N-dealkylation sites (N-methyl/N-ethyl adjacent to an activating group) is 1. The van der Waals surface area contributed by atoms with Crippen LogP contribution in [0.25, 0.3) is 0 Å². The lowest BCUT2D eigenvalue weighted by Gasteiger charge is -2.20. The Morgan fingerprint density at radius 1 is 1.42 bits per heavy atom. The average Bonchev–Trinajstić information content (AvgIpc) is 2.49. The van der Waals surface area contributed by atoms with E-state index in [-0.39, 0.29) is 0 Å². The normalized spacial score (nSPS) is 27.7. The van der Waals surface area contributed by atoms with Crippen LogP contribution in [0.5, 0.6) is 0 Å². The van der Waals surface area contributed by atoms with Crippen LogP contribution in [0.4, 0.5) is 0 Å². The molecular formula is C11H14N. The van der Waals surface area contributed by atoms with Gasteiger partial charge in [0.05, 0.1) is 0 Å². The SMILES string of the molecule is CC1=[C]C2=C(C)C(C)N(C)C2=C1. The monoisotopic (exact) mass is 160 g/mol. The van der Waals surface area contributed by atoms with Crippen LogP contribution >= 0.6 is 0 Å². The van der Waals surface area contributed by atoms with E-state index < -0.39 is 0 Å². The van der Waals surface area contributed by atoms with Crippen molar-refractivity contribution >= 4 is 0 Å². The zero-order chi connectivity index (χ0) is 8.88. The van der Waals surface area contributed by atoms with Crippen molar-refractivity contribution in [2.24, 2.45) is 0 Å². The molecule has 63 valence electrons. The molecule has 0 saturated heterocycles. The van der Waals surface area contributed by atoms with Gasteiger partial charge in [0.2, 0.25) is 0 Å². The maximum Gasteiger partial charge on any atom is 0.0478 e. The molecule has 2 aliphatic rings. The first-order chi connectivity index (χ1) is 5.61. The highest BCUT2D eigenvalue weighted by molar-refractivity contribution is 5.54. The van der Waals surface area contributed by atoms with Crippen LogP contribution in [0, 0.1) is 6.08 Å². The van der Waals surface area contributed by atoms with Crippen molar-refractivity contribution in [3.05, 3.63) is 34.6 Å². The van der Waals surface area contributed by atoms with Crippen LogP contribution in [-0.4, -0.2) is 18.0 Å². The first-order valence-electron chi connectivity index (χ1n) is 4.37. The summed E-state index contributed by atoms with van der Waals surface area (Å²) in [6.45, 7) is 6.53. The minimum atomic E-state index is 0.548. The smallest absolute Gasteiger partial charge is 0.0478 e. The number of rotatable bonds is 0. The standard InChI is InChI=1S/C11H14N/c1-7-5-10-8(2)9(3)12(4)11(10)6-7/h6,9H,1-4H3. The van der Waals surface area contributed by atoms with Gasteiger partial charge in [-0.3, -0.25) is 0 Å². The highest BCUT2D eigenvalue weighted by Crippen LogP contribution is 2.36. The van der Waals surface area contributed by atoms with Gasteiger partial charge in [-0.25, -0.2) is 0 Å². The van der Waals surface area contributed by atoms with Crippen molar-refractivity contribution in [3.63, 3.8) is 0 Å². The van der Waals surface area contributed by atoms with Crippen LogP contribution < -0.4 is 0 Å². The summed E-state index contributed by atoms with van der Waals surface area (Å²) in [7, 11) is 2.15. The summed E-state index contributed by atoms with van der Waals surface area (Å²) in [4.78, 5) is 2.31. The van der Waals surface area contributed by atoms with Crippen LogP contribution in [0.3, 0.4) is 0 Å². The number of hydrogen-bond donors (Lipinski definition) is 0. The predicted molar refractivity (Wildman–Crippen MR) is 50.4 cm³/mol. The van der Waals surface area contributed by atoms with Gasteiger partial charge in [0, 0.05) is 24.4 Å². The summed E-state index contributed by atoms with van der Waals surface area (Å²) in [5, 5.41) is 0. The molecule has 0 amide bonds. The Bertz CT molecular complexity index is 318. The molecule has 0 aromatic heterocycles. The van der Waals surface area contributed by atoms with Crippen molar-refractivity contribution < 1.29 is 0 Å². The van der Waals surface area contributed by atoms with E-state index in [2.05, 4.69) is 44.9 Å². The largest absolute Gasteiger partial charge is 0.368 e. The van der Waals surface area contributed by atoms with Crippen LogP contribution in [0.2, 0.25) is 0 Å². The molecule has 1 heterocycles. The summed E-state index contributed by atoms with van der Waals surface area (Å²) < 4.78 is 0. The minimum absolute atomic E-state index is 0.548. The lowest BCUT2D eigenvalue weighted by molar-refractivity contribution is 0.393. The number of hydrogen-bond acceptors (Lipinski definition) is 1. The van der Waals surface area contributed by atoms with Crippen LogP contribution in [-0.2, 0) is 0 Å². The maximum absolute atomic E-state index is 3.39. The molecule has 1 aliphatic carbocycles. The highest BCUT2D eigenvalue weighted by Gasteiger charge is 2.29. The fraction of sp³-hybridized carbons (Fsp3) is 0.455. The second-order valence-electron chi connectivity index (χ2n) is 3.68. The first kappa shape index (κ1) is 7.66. The second kappa shape index (κ2) is 2.25. The highest BCUT2D eigenvalue weighted by atomic mass is 15.2. The van der Waals surface area contributed by atoms with Crippen molar-refractivity contribution in [2.75, 3.05) is 7.05 Å². The van der Waals surface area contributed by atoms with Gasteiger partial charge < -0.3 is 4.90 Å². The Labute approximate surface area is 74.1 Å². The Balaban J connectivity index is 2.51. The van der Waals surface area contributed by atoms with E-state index in [9.17, 15) is 0 Å². The average molecular weight is 160 g/mol. The van der Waals surface area contributed by atoms with Gasteiger partial charge in [0.1, 0.15) is 0 Å². The van der Waals surface area contributed by atoms with E-state index in [1.165, 1.54) is 22.4 Å². The first-order valence-corrected chi connectivity index (χ1v) is 4.37. The zero-order valence-corrected chi connectivity index (χ0v) is 8.10. The van der Waals surface area contributed by atoms with Gasteiger partial charge >= 0.3 is 0 Å². The van der Waals surface area contributed by atoms with Crippen LogP contribution in [0.15, 0.2) is 28.5 Å². The summed E-state index contributed by atoms with van der Waals surface area (Å²) in [6.07, 6.45) is 5.60. The molecule has 1 nitrogen and oxygen atoms in total. The molecule has 0 saturated carbocycles. The summed E-state index contributed by atoms with van der Waals surface area (Å²) in [5.74, 6) is 0. The third-order valence-electron chi connectivity index (χ3n) is 2.91. The van der Waals surface area contributed by atoms with E-state index in [1.807, 2.05) is 0 Å². The molecule has 0 bridgehead atoms. The van der Waals surface area contributed by atoms with Crippen molar-refractivity contribution in [1.82, 2.24) is 4.90 Å². The zero-order valence-electron chi connectivity index (χ0n) is 8.10. The molecule has 0 spiro atoms. The van der Waals surface area contributed by atoms with Crippen molar-refractivity contribution in [1.29, 1.82) is 0 Å². The quantitative estimate of drug-likeness (QED) is 0.525. The number of fused-ring (bicyclic) bond motifs is 1. The summed E-state index contributed by atoms with van der Waals surface area (Å²) in [5.41, 5.74) is 5.36. The van der Waals surface area contributed by atoms with Gasteiger partial charge in [0.25, 0.3) is 0 Å². The van der Waals surface area contributed by atoms with Gasteiger partial charge in [-0.15, -0.1) is 0 Å². The summed E-state index contributed by atoms with van der Waals surface area (Å²) >= 11 is 0. The lowest BCUT2D eigenvalue weighted by atomic mass is 10.1. The van der Waals surface area contributed by atoms with Crippen molar-refractivity contribution in [3.8, 4) is 0 Å². The van der Waals surface area contributed by atoms with Crippen LogP contribution in [0.1, 0.15) is 20.8 Å². The minimum Gasteiger partial charge on any atom is -0.368 e. The molecule has 2 rings (SSSR count). The number of nitrogens with zero attached hydrogens (tertiary/aromatic N) is 1. The molecule has 0 fully saturated rings. The fourth-order valence-corrected chi connectivity index (χ4v) is 1.86. The van der Waals surface area contributed by atoms with E-state index in [0.29, 0.717) is 6.04 Å². The molecule has 0 N–H and O–H groups in total. The van der Waals surface area contributed by atoms with Gasteiger partial charge in [0.15, 0.2) is 0 Å². The molecule has 0 aromatic rings. The fourth-order valence-electron chi connectivity index (χ4n) is 1.86. The van der Waals surface area contributed by atoms with E-state index in [4.69, 9.17) is 0 Å². The Kier molecular flexibility index (Phi) is 1.44. The van der Waals surface area contributed by atoms with Crippen molar-refractivity contribution in [2.45, 2.75) is 26.8 Å². The Morgan fingerprint density at radius 2 is 2.08 bits per heavy atom.